The largest absolute Gasteiger partial charge is 0.392 e. The molecular weight excluding hydrogens is 114 g/mol. The molecule has 0 aromatic heterocycles. The maximum Gasteiger partial charge on any atom is 0.0691 e. The van der Waals surface area contributed by atoms with Crippen LogP contribution in [-0.4, -0.2) is 17.3 Å². The van der Waals surface area contributed by atoms with Gasteiger partial charge in [0.05, 0.1) is 6.10 Å². The molecule has 0 unspecified atom stereocenters. The molecule has 9 heavy (non-hydrogen) atoms. The van der Waals surface area contributed by atoms with Crippen LogP contribution in [-0.2, 0) is 0 Å². The Hall–Kier alpha value is -0.340. The number of aliphatic hydroxyl groups is 1. The van der Waals surface area contributed by atoms with E-state index in [2.05, 4.69) is 6.58 Å². The highest BCUT2D eigenvalue weighted by Crippen LogP contribution is 1.99. The number of nitrogens with two attached hydrogens (primary N) is 1. The van der Waals surface area contributed by atoms with Gasteiger partial charge in [-0.1, -0.05) is 13.0 Å². The molecule has 3 N–H and O–H groups in total. The fraction of sp³-hybridized carbons (Fsp3) is 0.714. The summed E-state index contributed by atoms with van der Waals surface area (Å²) < 4.78 is 0. The monoisotopic (exact) mass is 129 g/mol. The molecule has 0 aromatic rings. The molecule has 2 atom stereocenters. The lowest BCUT2D eigenvalue weighted by molar-refractivity contribution is 0.141. The van der Waals surface area contributed by atoms with Crippen LogP contribution < -0.4 is 5.73 Å². The first-order valence-electron chi connectivity index (χ1n) is 3.26. The molecule has 0 amide bonds. The maximum atomic E-state index is 9.08. The maximum absolute atomic E-state index is 9.08. The van der Waals surface area contributed by atoms with Crippen LogP contribution in [0.25, 0.3) is 0 Å². The lowest BCUT2D eigenvalue weighted by Gasteiger charge is -2.14. The molecule has 0 saturated carbocycles. The molecule has 0 spiro atoms. The summed E-state index contributed by atoms with van der Waals surface area (Å²) in [5, 5.41) is 9.08. The fourth-order valence-corrected chi connectivity index (χ4v) is 0.652. The predicted octanol–water partition coefficient (Wildman–Crippen LogP) is 0.661. The van der Waals surface area contributed by atoms with Crippen molar-refractivity contribution in [1.82, 2.24) is 0 Å². The van der Waals surface area contributed by atoms with Gasteiger partial charge >= 0.3 is 0 Å². The zero-order valence-electron chi connectivity index (χ0n) is 5.88. The number of hydrogen-bond acceptors (Lipinski definition) is 2. The average molecular weight is 129 g/mol. The molecule has 0 saturated heterocycles. The molecule has 54 valence electrons. The van der Waals surface area contributed by atoms with E-state index in [4.69, 9.17) is 10.8 Å². The van der Waals surface area contributed by atoms with Crippen LogP contribution in [0.15, 0.2) is 12.7 Å². The second-order valence-corrected chi connectivity index (χ2v) is 2.16. The third-order valence-electron chi connectivity index (χ3n) is 1.35. The van der Waals surface area contributed by atoms with Crippen molar-refractivity contribution in [2.24, 2.45) is 5.73 Å². The lowest BCUT2D eigenvalue weighted by atomic mass is 10.1. The van der Waals surface area contributed by atoms with E-state index >= 15 is 0 Å². The van der Waals surface area contributed by atoms with Crippen molar-refractivity contribution >= 4 is 0 Å². The minimum atomic E-state index is -0.372. The van der Waals surface area contributed by atoms with Crippen molar-refractivity contribution in [3.63, 3.8) is 0 Å². The summed E-state index contributed by atoms with van der Waals surface area (Å²) in [5.74, 6) is 0. The van der Waals surface area contributed by atoms with Gasteiger partial charge in [0.1, 0.15) is 0 Å². The molecule has 0 aliphatic rings. The summed E-state index contributed by atoms with van der Waals surface area (Å²) in [6.07, 6.45) is 2.76. The van der Waals surface area contributed by atoms with E-state index < -0.39 is 0 Å². The quantitative estimate of drug-likeness (QED) is 0.548. The summed E-state index contributed by atoms with van der Waals surface area (Å²) in [6.45, 7) is 5.44. The van der Waals surface area contributed by atoms with Crippen LogP contribution in [0.3, 0.4) is 0 Å². The normalized spacial score (nSPS) is 16.8. The average Bonchev–Trinajstić information content (AvgIpc) is 1.87. The highest BCUT2D eigenvalue weighted by atomic mass is 16.3. The van der Waals surface area contributed by atoms with Crippen molar-refractivity contribution < 1.29 is 5.11 Å². The zero-order valence-corrected chi connectivity index (χ0v) is 5.88. The third-order valence-corrected chi connectivity index (χ3v) is 1.35. The summed E-state index contributed by atoms with van der Waals surface area (Å²) >= 11 is 0. The van der Waals surface area contributed by atoms with Crippen LogP contribution >= 0.6 is 0 Å². The Kier molecular flexibility index (Phi) is 4.36. The Bertz CT molecular complexity index is 83.0. The molecule has 0 rings (SSSR count). The van der Waals surface area contributed by atoms with Gasteiger partial charge < -0.3 is 10.8 Å². The van der Waals surface area contributed by atoms with Crippen molar-refractivity contribution in [3.05, 3.63) is 12.7 Å². The van der Waals surface area contributed by atoms with E-state index in [1.54, 1.807) is 6.08 Å². The van der Waals surface area contributed by atoms with Gasteiger partial charge in [-0.05, 0) is 12.8 Å². The van der Waals surface area contributed by atoms with Crippen molar-refractivity contribution in [1.29, 1.82) is 0 Å². The van der Waals surface area contributed by atoms with Gasteiger partial charge in [-0.3, -0.25) is 0 Å². The van der Waals surface area contributed by atoms with E-state index in [1.165, 1.54) is 0 Å². The Morgan fingerprint density at radius 2 is 2.33 bits per heavy atom. The Morgan fingerprint density at radius 1 is 1.78 bits per heavy atom. The van der Waals surface area contributed by atoms with E-state index in [-0.39, 0.29) is 12.1 Å². The second-order valence-electron chi connectivity index (χ2n) is 2.16. The fourth-order valence-electron chi connectivity index (χ4n) is 0.652. The van der Waals surface area contributed by atoms with Gasteiger partial charge in [-0.2, -0.15) is 0 Å². The number of rotatable bonds is 4. The summed E-state index contributed by atoms with van der Waals surface area (Å²) in [7, 11) is 0. The molecule has 0 aromatic carbocycles. The van der Waals surface area contributed by atoms with Gasteiger partial charge in [0.15, 0.2) is 0 Å². The topological polar surface area (TPSA) is 46.2 Å². The van der Waals surface area contributed by atoms with E-state index in [0.717, 1.165) is 6.42 Å². The standard InChI is InChI=1S/C7H15NO/c1-3-5-6(8)7(9)4-2/h3,6-7,9H,1,4-5,8H2,2H3/t6-,7-/m0/s1. The molecule has 0 bridgehead atoms. The molecular formula is C7H15NO. The van der Waals surface area contributed by atoms with Crippen molar-refractivity contribution in [2.45, 2.75) is 31.9 Å². The Balaban J connectivity index is 3.44. The van der Waals surface area contributed by atoms with Crippen LogP contribution in [0.4, 0.5) is 0 Å². The van der Waals surface area contributed by atoms with Gasteiger partial charge in [0, 0.05) is 6.04 Å². The molecule has 2 heteroatoms. The van der Waals surface area contributed by atoms with Gasteiger partial charge in [0.2, 0.25) is 0 Å². The van der Waals surface area contributed by atoms with E-state index in [9.17, 15) is 0 Å². The van der Waals surface area contributed by atoms with Crippen LogP contribution in [0.5, 0.6) is 0 Å². The predicted molar refractivity (Wildman–Crippen MR) is 39.1 cm³/mol. The van der Waals surface area contributed by atoms with Crippen LogP contribution in [0.1, 0.15) is 19.8 Å². The number of aliphatic hydroxyl groups excluding tert-OH is 1. The Morgan fingerprint density at radius 3 is 2.67 bits per heavy atom. The minimum Gasteiger partial charge on any atom is -0.392 e. The van der Waals surface area contributed by atoms with Gasteiger partial charge in [0.25, 0.3) is 0 Å². The second kappa shape index (κ2) is 4.53. The molecule has 0 heterocycles. The Labute approximate surface area is 56.4 Å². The molecule has 0 fully saturated rings. The van der Waals surface area contributed by atoms with E-state index in [0.29, 0.717) is 6.42 Å². The van der Waals surface area contributed by atoms with Gasteiger partial charge in [-0.15, -0.1) is 6.58 Å². The first-order chi connectivity index (χ1) is 4.22. The van der Waals surface area contributed by atoms with Crippen LogP contribution in [0.2, 0.25) is 0 Å². The summed E-state index contributed by atoms with van der Waals surface area (Å²) in [6, 6.07) is -0.132. The molecule has 0 aliphatic carbocycles. The van der Waals surface area contributed by atoms with Crippen molar-refractivity contribution in [2.75, 3.05) is 0 Å². The highest BCUT2D eigenvalue weighted by Gasteiger charge is 2.09. The first kappa shape index (κ1) is 8.66. The first-order valence-corrected chi connectivity index (χ1v) is 3.26. The SMILES string of the molecule is C=CC[C@H](N)[C@@H](O)CC. The highest BCUT2D eigenvalue weighted by molar-refractivity contribution is 4.79. The summed E-state index contributed by atoms with van der Waals surface area (Å²) in [4.78, 5) is 0. The van der Waals surface area contributed by atoms with Crippen LogP contribution in [0, 0.1) is 0 Å². The lowest BCUT2D eigenvalue weighted by Crippen LogP contribution is -2.33. The van der Waals surface area contributed by atoms with E-state index in [1.807, 2.05) is 6.92 Å². The molecule has 0 aliphatic heterocycles. The minimum absolute atomic E-state index is 0.132. The summed E-state index contributed by atoms with van der Waals surface area (Å²) in [5.41, 5.74) is 5.52. The molecule has 0 radical (unpaired) electrons. The third kappa shape index (κ3) is 3.27. The van der Waals surface area contributed by atoms with Crippen molar-refractivity contribution in [3.8, 4) is 0 Å². The molecule has 2 nitrogen and oxygen atoms in total. The zero-order chi connectivity index (χ0) is 7.28. The smallest absolute Gasteiger partial charge is 0.0691 e. The van der Waals surface area contributed by atoms with Gasteiger partial charge in [-0.25, -0.2) is 0 Å². The number of hydrogen-bond donors (Lipinski definition) is 2.